The number of amides is 3. The van der Waals surface area contributed by atoms with Crippen LogP contribution in [0.2, 0.25) is 0 Å². The summed E-state index contributed by atoms with van der Waals surface area (Å²) in [5.41, 5.74) is 24.6. The first-order valence-electron chi connectivity index (χ1n) is 49.4. The summed E-state index contributed by atoms with van der Waals surface area (Å²) in [6.07, 6.45) is 7.58. The number of benzene rings is 10. The van der Waals surface area contributed by atoms with Crippen molar-refractivity contribution >= 4 is 111 Å². The van der Waals surface area contributed by atoms with E-state index in [-0.39, 0.29) is 41.7 Å². The van der Waals surface area contributed by atoms with E-state index >= 15 is 0 Å². The molecule has 4 aliphatic heterocycles. The van der Waals surface area contributed by atoms with Gasteiger partial charge in [0.05, 0.1) is 135 Å². The molecule has 3 amide bonds. The summed E-state index contributed by atoms with van der Waals surface area (Å²) in [6, 6.07) is 75.7. The van der Waals surface area contributed by atoms with Crippen molar-refractivity contribution < 1.29 is 77.9 Å². The maximum absolute atomic E-state index is 13.3. The number of carbonyl (C=O) groups is 3. The van der Waals surface area contributed by atoms with Crippen molar-refractivity contribution in [2.75, 3.05) is 111 Å². The molecule has 15 aromatic rings. The van der Waals surface area contributed by atoms with Crippen LogP contribution in [0.3, 0.4) is 0 Å². The Hall–Kier alpha value is -16.3. The second kappa shape index (κ2) is 46.0. The van der Waals surface area contributed by atoms with Crippen molar-refractivity contribution in [3.05, 3.63) is 240 Å². The average molecular weight is 2020 g/mol. The fourth-order valence-electron chi connectivity index (χ4n) is 19.9. The molecule has 148 heavy (non-hydrogen) atoms. The smallest absolute Gasteiger partial charge is 0.411 e. The van der Waals surface area contributed by atoms with Gasteiger partial charge in [-0.1, -0.05) is 60.7 Å². The van der Waals surface area contributed by atoms with Crippen molar-refractivity contribution in [1.29, 1.82) is 26.3 Å². The Morgan fingerprint density at radius 1 is 0.453 bits per heavy atom. The highest BCUT2D eigenvalue weighted by molar-refractivity contribution is 7.93. The van der Waals surface area contributed by atoms with Gasteiger partial charge in [0.15, 0.2) is 0 Å². The zero-order chi connectivity index (χ0) is 104. The number of methoxy groups -OCH3 is 2. The lowest BCUT2D eigenvalue weighted by Crippen LogP contribution is -2.38. The summed E-state index contributed by atoms with van der Waals surface area (Å²) in [5, 5.41) is 56.0. The Balaban J connectivity index is 0.000000127. The zero-order valence-corrected chi connectivity index (χ0v) is 83.6. The lowest BCUT2D eigenvalue weighted by molar-refractivity contribution is -0.117. The van der Waals surface area contributed by atoms with E-state index in [9.17, 15) is 71.1 Å². The summed E-state index contributed by atoms with van der Waals surface area (Å²) in [7, 11) is -0.371. The summed E-state index contributed by atoms with van der Waals surface area (Å²) < 4.78 is 136. The number of nitriles is 5. The first kappa shape index (κ1) is 103. The van der Waals surface area contributed by atoms with Gasteiger partial charge < -0.3 is 71.5 Å². The Morgan fingerprint density at radius 2 is 0.818 bits per heavy atom. The number of nitrogens with two attached hydrogens (primary N) is 1. The van der Waals surface area contributed by atoms with Crippen molar-refractivity contribution in [3.8, 4) is 115 Å². The van der Waals surface area contributed by atoms with Gasteiger partial charge in [-0.3, -0.25) is 24.1 Å². The van der Waals surface area contributed by atoms with E-state index < -0.39 is 36.0 Å². The molecule has 21 rings (SSSR count). The zero-order valence-electron chi connectivity index (χ0n) is 82.8. The number of fused-ring (bicyclic) bond motifs is 5. The molecule has 28 nitrogen and oxygen atoms in total. The third-order valence-corrected chi connectivity index (χ3v) is 29.0. The summed E-state index contributed by atoms with van der Waals surface area (Å²) in [6.45, 7) is 11.7. The molecule has 0 radical (unpaired) electrons. The van der Waals surface area contributed by atoms with E-state index in [2.05, 4.69) is 82.3 Å². The number of nitrogens with zero attached hydrogens (tertiary/aromatic N) is 14. The number of morpholine rings is 1. The minimum absolute atomic E-state index is 0.0562. The monoisotopic (exact) mass is 2020 g/mol. The molecule has 760 valence electrons. The maximum atomic E-state index is 13.3. The predicted octanol–water partition coefficient (Wildman–Crippen LogP) is 23.0. The summed E-state index contributed by atoms with van der Waals surface area (Å²) >= 11 is 0. The predicted molar refractivity (Wildman–Crippen MR) is 561 cm³/mol. The van der Waals surface area contributed by atoms with Gasteiger partial charge in [0.1, 0.15) is 72.4 Å². The van der Waals surface area contributed by atoms with Crippen LogP contribution >= 0.6 is 0 Å². The quantitative estimate of drug-likeness (QED) is 0.0340. The maximum Gasteiger partial charge on any atom is 0.411 e. The number of alkyl halides is 5. The second-order valence-electron chi connectivity index (χ2n) is 36.9. The number of aryl methyl sites for hydroxylation is 3. The van der Waals surface area contributed by atoms with Crippen LogP contribution in [0.5, 0.6) is 28.7 Å². The van der Waals surface area contributed by atoms with Gasteiger partial charge >= 0.3 is 19.3 Å². The number of hydrogen-bond donors (Lipinski definition) is 2. The molecule has 34 heteroatoms. The molecule has 0 atom stereocenters. The van der Waals surface area contributed by atoms with E-state index in [0.29, 0.717) is 125 Å². The van der Waals surface area contributed by atoms with Crippen molar-refractivity contribution in [2.45, 2.75) is 138 Å². The Kier molecular flexibility index (Phi) is 32.0. The standard InChI is InChI=1S/C26H30N4O4S.C24H25N3O2.C22H19F2N3O3.C22H20FN3O2.C20H17F2N3O/c1-2-29-25-18-22(34-16-13-28-11-14-33-15-12-28)8-9-23(25)24(19-27)26(29)20-4-6-21(7-5-20)30-10-3-17-35(30,31)32;1-4-26-22-14-19(29-16(2)3)11-12-20(22)21(15-25)24(26)17-7-9-18(10-8-17)27-13-5-6-23(27)28;1-29-22(28)26-15-6-4-14(5-7-15)20-18(11-25)17-9-8-16(30-21(23)24)10-19(17)27(20)12-13-2-3-13;1-28-17-8-9-18-19(14-24)22(26(12-10-23)20(18)13-17)15-4-6-16(7-5-15)25-11-2-3-21(25)27;21-20(22)26-15-7-8-16-17(10-23)19(13-3-5-14(24)6-4-13)25(18(16)9-15)11-12-1-2-12/h4-9,18H,2-3,10-17H2,1H3;7-12,14,16H,4-6,13H2,1-3H3;4-10,13,21H,2-3,12H2,1H3,(H,26,28);4-9,13H,2-3,10-12H2,1H3;3-9,12,20H,1-2,11,24H2. The molecule has 6 fully saturated rings. The first-order valence-corrected chi connectivity index (χ1v) is 51.0. The molecule has 4 saturated heterocycles. The average Bonchev–Trinajstić information content (AvgIpc) is 1.58. The second-order valence-corrected chi connectivity index (χ2v) is 38.9. The van der Waals surface area contributed by atoms with Crippen LogP contribution in [0.25, 0.3) is 111 Å². The normalized spacial score (nSPS) is 14.8. The van der Waals surface area contributed by atoms with Crippen LogP contribution in [-0.4, -0.2) is 159 Å². The minimum atomic E-state index is -3.23. The Bertz CT molecular complexity index is 7790. The fraction of sp³-hybridized carbons (Fsp3) is 0.316. The molecule has 6 aliphatic rings. The molecule has 0 bridgehead atoms. The van der Waals surface area contributed by atoms with Gasteiger partial charge in [-0.25, -0.2) is 17.6 Å². The van der Waals surface area contributed by atoms with Gasteiger partial charge in [0, 0.05) is 158 Å². The molecule has 3 N–H and O–H groups in total. The molecular formula is C114H111F5N16O12S. The molecule has 9 heterocycles. The molecular weight excluding hydrogens is 1910 g/mol. The molecule has 0 unspecified atom stereocenters. The van der Waals surface area contributed by atoms with Crippen LogP contribution in [0.15, 0.2) is 212 Å². The number of carbonyl (C=O) groups excluding carboxylic acids is 3. The number of nitrogens with one attached hydrogen (secondary N) is 1. The molecule has 2 aliphatic carbocycles. The lowest BCUT2D eigenvalue weighted by atomic mass is 10.1. The molecule has 0 spiro atoms. The Morgan fingerprint density at radius 3 is 1.18 bits per heavy atom. The van der Waals surface area contributed by atoms with E-state index in [1.165, 1.54) is 23.5 Å². The van der Waals surface area contributed by atoms with Crippen molar-refractivity contribution in [2.24, 2.45) is 11.8 Å². The third-order valence-electron chi connectivity index (χ3n) is 27.1. The number of nitrogen functional groups attached to an aromatic ring is 1. The largest absolute Gasteiger partial charge is 0.497 e. The number of hydrogen-bond acceptors (Lipinski definition) is 19. The van der Waals surface area contributed by atoms with Gasteiger partial charge in [0.2, 0.25) is 21.8 Å². The van der Waals surface area contributed by atoms with Crippen LogP contribution in [0, 0.1) is 68.5 Å². The topological polar surface area (TPSA) is 345 Å². The number of ether oxygens (including phenoxy) is 7. The third kappa shape index (κ3) is 22.5. The van der Waals surface area contributed by atoms with Gasteiger partial charge in [-0.2, -0.15) is 43.9 Å². The number of rotatable bonds is 28. The first-order chi connectivity index (χ1) is 71.8. The highest BCUT2D eigenvalue weighted by atomic mass is 32.2. The van der Waals surface area contributed by atoms with Crippen LogP contribution in [-0.2, 0) is 61.8 Å². The van der Waals surface area contributed by atoms with Gasteiger partial charge in [-0.15, -0.1) is 0 Å². The van der Waals surface area contributed by atoms with E-state index in [4.69, 9.17) is 24.7 Å². The van der Waals surface area contributed by atoms with Gasteiger partial charge in [0.25, 0.3) is 0 Å². The van der Waals surface area contributed by atoms with Crippen molar-refractivity contribution in [1.82, 2.24) is 27.7 Å². The summed E-state index contributed by atoms with van der Waals surface area (Å²) in [4.78, 5) is 41.3. The van der Waals surface area contributed by atoms with E-state index in [1.807, 2.05) is 161 Å². The molecule has 2 saturated carbocycles. The minimum Gasteiger partial charge on any atom is -0.497 e. The number of aromatic nitrogens is 5. The number of sulfonamides is 1. The van der Waals surface area contributed by atoms with Crippen LogP contribution < -0.4 is 48.8 Å². The van der Waals surface area contributed by atoms with Crippen LogP contribution in [0.4, 0.5) is 55.2 Å². The highest BCUT2D eigenvalue weighted by Gasteiger charge is 2.34. The fourth-order valence-corrected chi connectivity index (χ4v) is 21.5. The number of halogens is 5. The summed E-state index contributed by atoms with van der Waals surface area (Å²) in [5.74, 6) is 3.92. The van der Waals surface area contributed by atoms with E-state index in [0.717, 1.165) is 215 Å². The Labute approximate surface area is 853 Å². The van der Waals surface area contributed by atoms with Gasteiger partial charge in [-0.05, 0) is 234 Å². The van der Waals surface area contributed by atoms with E-state index in [1.54, 1.807) is 78.7 Å². The number of anilines is 5. The SMILES string of the molecule is CCn1c(-c2ccc(N3CCCC3=O)cc2)c(C#N)c2ccc(OC(C)C)cc21.CCn1c(-c2ccc(N3CCCS3(=O)=O)cc2)c(C#N)c2ccc(OCCN3CCOCC3)cc21.COC(=O)Nc1ccc(-c2c(C#N)c3ccc(OC(F)F)cc3n2CC2CC2)cc1.COc1ccc2c(C#N)c(-c3ccc(N4CCCC4=O)cc3)n(CCF)c2c1.N#Cc1c(-c2ccc(N)cc2)n(CC2CC2)c2cc(OC(F)F)ccc12. The molecule has 10 aromatic carbocycles. The molecule has 5 aromatic heterocycles. The lowest BCUT2D eigenvalue weighted by Gasteiger charge is -2.26. The van der Waals surface area contributed by atoms with Crippen LogP contribution in [0.1, 0.15) is 113 Å². The highest BCUT2D eigenvalue weighted by Crippen LogP contribution is 2.46. The van der Waals surface area contributed by atoms with Crippen molar-refractivity contribution in [3.63, 3.8) is 0 Å².